The van der Waals surface area contributed by atoms with E-state index in [4.69, 9.17) is 11.6 Å². The number of hydrogen-bond acceptors (Lipinski definition) is 5. The van der Waals surface area contributed by atoms with Crippen LogP contribution in [0.1, 0.15) is 32.1 Å². The van der Waals surface area contributed by atoms with Gasteiger partial charge in [-0.25, -0.2) is 8.78 Å². The van der Waals surface area contributed by atoms with Crippen LogP contribution < -0.4 is 10.6 Å². The Labute approximate surface area is 143 Å². The van der Waals surface area contributed by atoms with Crippen LogP contribution in [0.3, 0.4) is 0 Å². The molecule has 8 heteroatoms. The van der Waals surface area contributed by atoms with Crippen molar-refractivity contribution in [2.75, 3.05) is 17.2 Å². The standard InChI is InChI=1S/C16H18ClF2N5/c17-14-22-15(20-9-10-4-2-1-3-5-10)24-16(23-14)21-13-7-11(18)6-12(19)8-13/h6-8,10H,1-5,9H2,(H2,20,21,22,23,24). The summed E-state index contributed by atoms with van der Waals surface area (Å²) in [7, 11) is 0. The Bertz CT molecular complexity index is 687. The molecule has 0 amide bonds. The van der Waals surface area contributed by atoms with Gasteiger partial charge in [-0.1, -0.05) is 19.3 Å². The van der Waals surface area contributed by atoms with Crippen molar-refractivity contribution in [2.24, 2.45) is 5.92 Å². The van der Waals surface area contributed by atoms with Gasteiger partial charge >= 0.3 is 0 Å². The number of halogens is 3. The van der Waals surface area contributed by atoms with Gasteiger partial charge in [-0.05, 0) is 42.5 Å². The zero-order valence-corrected chi connectivity index (χ0v) is 13.8. The van der Waals surface area contributed by atoms with Gasteiger partial charge in [0.2, 0.25) is 17.2 Å². The molecule has 128 valence electrons. The highest BCUT2D eigenvalue weighted by molar-refractivity contribution is 6.28. The molecule has 0 aliphatic heterocycles. The first-order chi connectivity index (χ1) is 11.6. The van der Waals surface area contributed by atoms with E-state index in [1.807, 2.05) is 0 Å². The Hall–Kier alpha value is -2.02. The number of nitrogens with zero attached hydrogens (tertiary/aromatic N) is 3. The molecule has 0 radical (unpaired) electrons. The van der Waals surface area contributed by atoms with Gasteiger partial charge in [0.05, 0.1) is 0 Å². The molecule has 0 atom stereocenters. The van der Waals surface area contributed by atoms with Gasteiger partial charge in [-0.2, -0.15) is 15.0 Å². The zero-order valence-electron chi connectivity index (χ0n) is 13.0. The van der Waals surface area contributed by atoms with Crippen LogP contribution in [0.4, 0.5) is 26.4 Å². The van der Waals surface area contributed by atoms with Crippen LogP contribution in [0, 0.1) is 17.6 Å². The maximum Gasteiger partial charge on any atom is 0.233 e. The van der Waals surface area contributed by atoms with E-state index < -0.39 is 11.6 Å². The van der Waals surface area contributed by atoms with Crippen LogP contribution in [0.5, 0.6) is 0 Å². The van der Waals surface area contributed by atoms with E-state index in [1.165, 1.54) is 32.1 Å². The van der Waals surface area contributed by atoms with Gasteiger partial charge < -0.3 is 10.6 Å². The SMILES string of the molecule is Fc1cc(F)cc(Nc2nc(Cl)nc(NCC3CCCCC3)n2)c1. The minimum atomic E-state index is -0.687. The first kappa shape index (κ1) is 16.8. The summed E-state index contributed by atoms with van der Waals surface area (Å²) < 4.78 is 26.5. The summed E-state index contributed by atoms with van der Waals surface area (Å²) in [5, 5.41) is 5.92. The Morgan fingerprint density at radius 1 is 0.958 bits per heavy atom. The Morgan fingerprint density at radius 3 is 2.33 bits per heavy atom. The third kappa shape index (κ3) is 4.74. The second-order valence-electron chi connectivity index (χ2n) is 5.92. The summed E-state index contributed by atoms with van der Waals surface area (Å²) in [6.45, 7) is 0.772. The van der Waals surface area contributed by atoms with Crippen LogP contribution in [0.15, 0.2) is 18.2 Å². The van der Waals surface area contributed by atoms with Crippen molar-refractivity contribution in [1.82, 2.24) is 15.0 Å². The zero-order chi connectivity index (χ0) is 16.9. The van der Waals surface area contributed by atoms with Gasteiger partial charge in [-0.3, -0.25) is 0 Å². The first-order valence-corrected chi connectivity index (χ1v) is 8.35. The molecule has 2 aromatic rings. The maximum atomic E-state index is 13.2. The van der Waals surface area contributed by atoms with Crippen molar-refractivity contribution in [2.45, 2.75) is 32.1 Å². The minimum Gasteiger partial charge on any atom is -0.354 e. The average molecular weight is 354 g/mol. The minimum absolute atomic E-state index is 0.00974. The molecule has 1 saturated carbocycles. The molecule has 2 N–H and O–H groups in total. The molecule has 1 aromatic heterocycles. The first-order valence-electron chi connectivity index (χ1n) is 7.97. The fourth-order valence-electron chi connectivity index (χ4n) is 2.87. The fourth-order valence-corrected chi connectivity index (χ4v) is 3.03. The molecule has 24 heavy (non-hydrogen) atoms. The van der Waals surface area contributed by atoms with E-state index >= 15 is 0 Å². The van der Waals surface area contributed by atoms with E-state index in [1.54, 1.807) is 0 Å². The smallest absolute Gasteiger partial charge is 0.233 e. The quantitative estimate of drug-likeness (QED) is 0.826. The molecule has 1 heterocycles. The molecular weight excluding hydrogens is 336 g/mol. The molecule has 1 aromatic carbocycles. The van der Waals surface area contributed by atoms with E-state index in [2.05, 4.69) is 25.6 Å². The van der Waals surface area contributed by atoms with Gasteiger partial charge in [0.25, 0.3) is 0 Å². The van der Waals surface area contributed by atoms with Crippen molar-refractivity contribution in [1.29, 1.82) is 0 Å². The van der Waals surface area contributed by atoms with Crippen molar-refractivity contribution in [3.05, 3.63) is 35.1 Å². The molecule has 1 aliphatic carbocycles. The van der Waals surface area contributed by atoms with Crippen molar-refractivity contribution >= 4 is 29.2 Å². The summed E-state index contributed by atoms with van der Waals surface area (Å²) in [5.74, 6) is -0.296. The fraction of sp³-hybridized carbons (Fsp3) is 0.438. The number of nitrogens with one attached hydrogen (secondary N) is 2. The van der Waals surface area contributed by atoms with Crippen LogP contribution >= 0.6 is 11.6 Å². The molecule has 1 aliphatic rings. The van der Waals surface area contributed by atoms with Gasteiger partial charge in [-0.15, -0.1) is 0 Å². The second kappa shape index (κ2) is 7.70. The highest BCUT2D eigenvalue weighted by Crippen LogP contribution is 2.24. The predicted molar refractivity (Wildman–Crippen MR) is 89.5 cm³/mol. The summed E-state index contributed by atoms with van der Waals surface area (Å²) in [6, 6.07) is 3.09. The molecule has 1 fully saturated rings. The largest absolute Gasteiger partial charge is 0.354 e. The van der Waals surface area contributed by atoms with Gasteiger partial charge in [0, 0.05) is 18.3 Å². The Morgan fingerprint density at radius 2 is 1.62 bits per heavy atom. The van der Waals surface area contributed by atoms with Crippen LogP contribution in [-0.2, 0) is 0 Å². The topological polar surface area (TPSA) is 62.7 Å². The molecule has 3 rings (SSSR count). The number of hydrogen-bond donors (Lipinski definition) is 2. The Balaban J connectivity index is 1.68. The van der Waals surface area contributed by atoms with Crippen LogP contribution in [-0.4, -0.2) is 21.5 Å². The lowest BCUT2D eigenvalue weighted by Crippen LogP contribution is -2.18. The summed E-state index contributed by atoms with van der Waals surface area (Å²) in [5.41, 5.74) is 0.202. The number of anilines is 3. The lowest BCUT2D eigenvalue weighted by Gasteiger charge is -2.21. The summed E-state index contributed by atoms with van der Waals surface area (Å²) in [4.78, 5) is 12.2. The normalized spacial score (nSPS) is 15.3. The van der Waals surface area contributed by atoms with E-state index in [0.717, 1.165) is 24.7 Å². The number of benzene rings is 1. The van der Waals surface area contributed by atoms with E-state index in [-0.39, 0.29) is 16.9 Å². The number of aromatic nitrogens is 3. The molecule has 0 spiro atoms. The van der Waals surface area contributed by atoms with Crippen LogP contribution in [0.25, 0.3) is 0 Å². The predicted octanol–water partition coefficient (Wildman–Crippen LogP) is 4.54. The van der Waals surface area contributed by atoms with Crippen LogP contribution in [0.2, 0.25) is 5.28 Å². The molecule has 5 nitrogen and oxygen atoms in total. The lowest BCUT2D eigenvalue weighted by atomic mass is 9.89. The van der Waals surface area contributed by atoms with Gasteiger partial charge in [0.15, 0.2) is 0 Å². The van der Waals surface area contributed by atoms with E-state index in [9.17, 15) is 8.78 Å². The summed E-state index contributed by atoms with van der Waals surface area (Å²) in [6.07, 6.45) is 6.19. The highest BCUT2D eigenvalue weighted by atomic mass is 35.5. The monoisotopic (exact) mass is 353 g/mol. The molecule has 0 unspecified atom stereocenters. The van der Waals surface area contributed by atoms with Crippen molar-refractivity contribution in [3.63, 3.8) is 0 Å². The second-order valence-corrected chi connectivity index (χ2v) is 6.26. The Kier molecular flexibility index (Phi) is 5.40. The highest BCUT2D eigenvalue weighted by Gasteiger charge is 2.14. The summed E-state index contributed by atoms with van der Waals surface area (Å²) >= 11 is 5.91. The average Bonchev–Trinajstić information content (AvgIpc) is 2.52. The van der Waals surface area contributed by atoms with Gasteiger partial charge in [0.1, 0.15) is 11.6 Å². The lowest BCUT2D eigenvalue weighted by molar-refractivity contribution is 0.373. The third-order valence-corrected chi connectivity index (χ3v) is 4.17. The maximum absolute atomic E-state index is 13.2. The third-order valence-electron chi connectivity index (χ3n) is 4.00. The van der Waals surface area contributed by atoms with Crippen molar-refractivity contribution in [3.8, 4) is 0 Å². The van der Waals surface area contributed by atoms with Crippen molar-refractivity contribution < 1.29 is 8.78 Å². The molecular formula is C16H18ClF2N5. The number of rotatable bonds is 5. The molecule has 0 bridgehead atoms. The van der Waals surface area contributed by atoms with E-state index in [0.29, 0.717) is 11.9 Å². The molecule has 0 saturated heterocycles.